The third-order valence-corrected chi connectivity index (χ3v) is 4.30. The fraction of sp³-hybridized carbons (Fsp3) is 0.385. The van der Waals surface area contributed by atoms with Crippen molar-refractivity contribution in [3.8, 4) is 0 Å². The van der Waals surface area contributed by atoms with Crippen molar-refractivity contribution in [3.05, 3.63) is 35.4 Å². The maximum atomic E-state index is 11.7. The molecule has 1 aromatic rings. The minimum absolute atomic E-state index is 0.191. The van der Waals surface area contributed by atoms with Gasteiger partial charge in [0.25, 0.3) is 0 Å². The summed E-state index contributed by atoms with van der Waals surface area (Å²) in [4.78, 5) is 24.3. The van der Waals surface area contributed by atoms with Crippen LogP contribution in [-0.2, 0) is 9.59 Å². The molecule has 0 radical (unpaired) electrons. The predicted molar refractivity (Wildman–Crippen MR) is 70.3 cm³/mol. The Hall–Kier alpha value is -1.49. The summed E-state index contributed by atoms with van der Waals surface area (Å²) in [6, 6.07) is 7.12. The smallest absolute Gasteiger partial charge is 0.327 e. The first-order valence-corrected chi connectivity index (χ1v) is 6.75. The van der Waals surface area contributed by atoms with Crippen molar-refractivity contribution < 1.29 is 14.7 Å². The van der Waals surface area contributed by atoms with Crippen LogP contribution in [0.2, 0.25) is 0 Å². The molecule has 1 fully saturated rings. The number of carboxylic acids is 1. The van der Waals surface area contributed by atoms with Gasteiger partial charge in [-0.1, -0.05) is 29.8 Å². The molecule has 0 bridgehead atoms. The second-order valence-corrected chi connectivity index (χ2v) is 5.49. The van der Waals surface area contributed by atoms with E-state index in [9.17, 15) is 9.59 Å². The molecular weight excluding hydrogens is 250 g/mol. The maximum Gasteiger partial charge on any atom is 0.327 e. The van der Waals surface area contributed by atoms with Crippen LogP contribution in [0.4, 0.5) is 0 Å². The van der Waals surface area contributed by atoms with E-state index in [1.165, 1.54) is 23.6 Å². The highest BCUT2D eigenvalue weighted by Gasteiger charge is 2.40. The van der Waals surface area contributed by atoms with Gasteiger partial charge in [-0.3, -0.25) is 4.79 Å². The van der Waals surface area contributed by atoms with Crippen LogP contribution in [0, 0.1) is 6.92 Å². The highest BCUT2D eigenvalue weighted by Crippen LogP contribution is 2.41. The Balaban J connectivity index is 2.33. The number of hydrogen-bond donors (Lipinski definition) is 1. The highest BCUT2D eigenvalue weighted by molar-refractivity contribution is 7.99. The second-order valence-electron chi connectivity index (χ2n) is 4.38. The molecule has 96 valence electrons. The molecule has 1 aliphatic heterocycles. The number of carboxylic acid groups (broad SMARTS) is 1. The van der Waals surface area contributed by atoms with Crippen LogP contribution in [0.25, 0.3) is 0 Å². The summed E-state index contributed by atoms with van der Waals surface area (Å²) in [7, 11) is 0. The minimum Gasteiger partial charge on any atom is -0.480 e. The van der Waals surface area contributed by atoms with Gasteiger partial charge in [0.15, 0.2) is 0 Å². The minimum atomic E-state index is -0.937. The molecule has 0 saturated carbocycles. The van der Waals surface area contributed by atoms with E-state index in [1.807, 2.05) is 31.2 Å². The number of thioether (sulfide) groups is 1. The van der Waals surface area contributed by atoms with Crippen molar-refractivity contribution in [1.29, 1.82) is 0 Å². The van der Waals surface area contributed by atoms with Gasteiger partial charge in [0, 0.05) is 12.7 Å². The van der Waals surface area contributed by atoms with Crippen LogP contribution in [0.3, 0.4) is 0 Å². The van der Waals surface area contributed by atoms with Gasteiger partial charge in [0.2, 0.25) is 5.91 Å². The Morgan fingerprint density at radius 2 is 2.17 bits per heavy atom. The Morgan fingerprint density at radius 3 is 2.72 bits per heavy atom. The van der Waals surface area contributed by atoms with Gasteiger partial charge in [-0.05, 0) is 12.5 Å². The number of aryl methyl sites for hydroxylation is 1. The first-order valence-electron chi connectivity index (χ1n) is 5.70. The quantitative estimate of drug-likeness (QED) is 0.889. The van der Waals surface area contributed by atoms with E-state index in [1.54, 1.807) is 0 Å². The van der Waals surface area contributed by atoms with E-state index in [2.05, 4.69) is 0 Å². The molecule has 0 aliphatic carbocycles. The summed E-state index contributed by atoms with van der Waals surface area (Å²) in [5, 5.41) is 8.95. The van der Waals surface area contributed by atoms with Crippen molar-refractivity contribution in [1.82, 2.24) is 4.90 Å². The third-order valence-electron chi connectivity index (χ3n) is 2.98. The largest absolute Gasteiger partial charge is 0.480 e. The summed E-state index contributed by atoms with van der Waals surface area (Å²) in [6.45, 7) is 3.40. The van der Waals surface area contributed by atoms with E-state index in [0.717, 1.165) is 11.1 Å². The monoisotopic (exact) mass is 265 g/mol. The number of rotatable bonds is 2. The van der Waals surface area contributed by atoms with Crippen LogP contribution in [0.1, 0.15) is 23.4 Å². The standard InChI is InChI=1S/C13H15NO3S/c1-8-4-3-5-10(6-8)12-14(9(2)15)11(7-18-12)13(16)17/h3-6,11-12H,7H2,1-2H3,(H,16,17)/t11-,12-/m0/s1. The van der Waals surface area contributed by atoms with E-state index in [-0.39, 0.29) is 11.3 Å². The molecule has 2 rings (SSSR count). The van der Waals surface area contributed by atoms with Crippen molar-refractivity contribution in [2.45, 2.75) is 25.3 Å². The number of nitrogens with zero attached hydrogens (tertiary/aromatic N) is 1. The molecule has 18 heavy (non-hydrogen) atoms. The fourth-order valence-corrected chi connectivity index (χ4v) is 3.62. The molecule has 1 N–H and O–H groups in total. The summed E-state index contributed by atoms with van der Waals surface area (Å²) < 4.78 is 0. The normalized spacial score (nSPS) is 23.1. The molecule has 1 amide bonds. The third kappa shape index (κ3) is 2.36. The van der Waals surface area contributed by atoms with Crippen molar-refractivity contribution in [2.75, 3.05) is 5.75 Å². The maximum absolute atomic E-state index is 11.7. The molecule has 1 heterocycles. The lowest BCUT2D eigenvalue weighted by molar-refractivity contribution is -0.148. The number of hydrogen-bond acceptors (Lipinski definition) is 3. The van der Waals surface area contributed by atoms with Crippen molar-refractivity contribution in [3.63, 3.8) is 0 Å². The number of carbonyl (C=O) groups excluding carboxylic acids is 1. The number of aliphatic carboxylic acids is 1. The molecule has 1 saturated heterocycles. The number of amides is 1. The van der Waals surface area contributed by atoms with E-state index >= 15 is 0 Å². The molecule has 2 atom stereocenters. The van der Waals surface area contributed by atoms with Crippen LogP contribution < -0.4 is 0 Å². The molecule has 1 aromatic carbocycles. The first kappa shape index (κ1) is 13.0. The van der Waals surface area contributed by atoms with Crippen LogP contribution >= 0.6 is 11.8 Å². The lowest BCUT2D eigenvalue weighted by atomic mass is 10.1. The molecule has 1 aliphatic rings. The molecule has 4 nitrogen and oxygen atoms in total. The average Bonchev–Trinajstić information content (AvgIpc) is 2.73. The van der Waals surface area contributed by atoms with Crippen LogP contribution in [0.15, 0.2) is 24.3 Å². The van der Waals surface area contributed by atoms with E-state index < -0.39 is 12.0 Å². The zero-order chi connectivity index (χ0) is 13.3. The lowest BCUT2D eigenvalue weighted by Crippen LogP contribution is -2.41. The average molecular weight is 265 g/mol. The molecular formula is C13H15NO3S. The van der Waals surface area contributed by atoms with Gasteiger partial charge in [0.05, 0.1) is 0 Å². The van der Waals surface area contributed by atoms with Gasteiger partial charge >= 0.3 is 5.97 Å². The number of benzene rings is 1. The first-order chi connectivity index (χ1) is 8.50. The summed E-state index contributed by atoms with van der Waals surface area (Å²) in [5.41, 5.74) is 2.09. The van der Waals surface area contributed by atoms with Gasteiger partial charge in [0.1, 0.15) is 11.4 Å². The topological polar surface area (TPSA) is 57.6 Å². The van der Waals surface area contributed by atoms with Gasteiger partial charge in [-0.25, -0.2) is 4.79 Å². The number of carbonyl (C=O) groups is 2. The lowest BCUT2D eigenvalue weighted by Gasteiger charge is -2.26. The van der Waals surface area contributed by atoms with Gasteiger partial charge in [-0.15, -0.1) is 11.8 Å². The highest BCUT2D eigenvalue weighted by atomic mass is 32.2. The Labute approximate surface area is 110 Å². The summed E-state index contributed by atoms with van der Waals surface area (Å²) >= 11 is 1.50. The zero-order valence-corrected chi connectivity index (χ0v) is 11.1. The molecule has 0 unspecified atom stereocenters. The molecule has 5 heteroatoms. The zero-order valence-electron chi connectivity index (χ0n) is 10.3. The predicted octanol–water partition coefficient (Wildman–Crippen LogP) is 2.04. The Morgan fingerprint density at radius 1 is 1.44 bits per heavy atom. The van der Waals surface area contributed by atoms with Gasteiger partial charge < -0.3 is 10.0 Å². The fourth-order valence-electron chi connectivity index (χ4n) is 2.16. The van der Waals surface area contributed by atoms with Crippen molar-refractivity contribution in [2.24, 2.45) is 0 Å². The SMILES string of the molecule is CC(=O)N1[C@H](C(=O)O)CS[C@H]1c1cccc(C)c1. The summed E-state index contributed by atoms with van der Waals surface area (Å²) in [6.07, 6.45) is 0. The van der Waals surface area contributed by atoms with E-state index in [4.69, 9.17) is 5.11 Å². The van der Waals surface area contributed by atoms with Crippen LogP contribution in [0.5, 0.6) is 0 Å². The van der Waals surface area contributed by atoms with Crippen molar-refractivity contribution >= 4 is 23.6 Å². The van der Waals surface area contributed by atoms with Crippen LogP contribution in [-0.4, -0.2) is 33.7 Å². The summed E-state index contributed by atoms with van der Waals surface area (Å²) in [5.74, 6) is -0.695. The van der Waals surface area contributed by atoms with Gasteiger partial charge in [-0.2, -0.15) is 0 Å². The second kappa shape index (κ2) is 5.02. The molecule has 0 aromatic heterocycles. The molecule has 0 spiro atoms. The Kier molecular flexibility index (Phi) is 3.61. The van der Waals surface area contributed by atoms with E-state index in [0.29, 0.717) is 5.75 Å². The Bertz CT molecular complexity index is 489.